The van der Waals surface area contributed by atoms with Crippen LogP contribution in [0.1, 0.15) is 25.8 Å². The third-order valence-electron chi connectivity index (χ3n) is 6.37. The number of carbonyl (C=O) groups is 4. The van der Waals surface area contributed by atoms with Gasteiger partial charge in [0.2, 0.25) is 17.7 Å². The number of fused-ring (bicyclic) bond motifs is 2. The molecule has 34 heavy (non-hydrogen) atoms. The van der Waals surface area contributed by atoms with Crippen molar-refractivity contribution < 1.29 is 19.2 Å². The monoisotopic (exact) mass is 467 g/mol. The van der Waals surface area contributed by atoms with Crippen molar-refractivity contribution in [3.05, 3.63) is 42.1 Å². The fourth-order valence-electron chi connectivity index (χ4n) is 4.87. The summed E-state index contributed by atoms with van der Waals surface area (Å²) in [6.45, 7) is 4.10. The predicted octanol–water partition coefficient (Wildman–Crippen LogP) is 0.256. The van der Waals surface area contributed by atoms with E-state index in [1.165, 1.54) is 9.91 Å². The van der Waals surface area contributed by atoms with Gasteiger partial charge in [0.15, 0.2) is 0 Å². The van der Waals surface area contributed by atoms with E-state index in [1.807, 2.05) is 30.3 Å². The van der Waals surface area contributed by atoms with Crippen molar-refractivity contribution in [2.45, 2.75) is 45.1 Å². The molecule has 2 aliphatic heterocycles. The van der Waals surface area contributed by atoms with Crippen LogP contribution < -0.4 is 11.1 Å². The molecule has 2 fully saturated rings. The maximum Gasteiger partial charge on any atom is 0.333 e. The molecule has 2 aliphatic rings. The maximum atomic E-state index is 13.7. The van der Waals surface area contributed by atoms with Gasteiger partial charge in [-0.15, -0.1) is 0 Å². The van der Waals surface area contributed by atoms with Crippen LogP contribution in [0.4, 0.5) is 4.79 Å². The van der Waals surface area contributed by atoms with E-state index in [1.54, 1.807) is 37.0 Å². The van der Waals surface area contributed by atoms with Gasteiger partial charge >= 0.3 is 6.03 Å². The SMILES string of the molecule is CCNC(=O)N1[C@H]2[C@H](C)N(Cc3cccc4cccnc34)C(=O)[C@H](CC(N)=O)N2C(=O)CN1C. The predicted molar refractivity (Wildman–Crippen MR) is 124 cm³/mol. The minimum atomic E-state index is -1.10. The smallest absolute Gasteiger partial charge is 0.333 e. The lowest BCUT2D eigenvalue weighted by molar-refractivity contribution is -0.196. The number of para-hydroxylation sites is 1. The van der Waals surface area contributed by atoms with Crippen molar-refractivity contribution in [3.8, 4) is 0 Å². The number of amides is 5. The van der Waals surface area contributed by atoms with Gasteiger partial charge in [0.05, 0.1) is 24.5 Å². The number of urea groups is 1. The van der Waals surface area contributed by atoms with Crippen LogP contribution >= 0.6 is 0 Å². The molecule has 0 bridgehead atoms. The number of piperazine rings is 1. The summed E-state index contributed by atoms with van der Waals surface area (Å²) in [5, 5.41) is 6.70. The number of primary amides is 1. The Balaban J connectivity index is 1.78. The Morgan fingerprint density at radius 2 is 1.94 bits per heavy atom. The standard InChI is InChI=1S/C23H29N7O4/c1-4-25-23(34)30-21-14(2)28(12-16-8-5-7-15-9-6-10-26-20(15)16)22(33)17(11-18(24)31)29(21)19(32)13-27(30)3/h5-10,14,17,21H,4,11-13H2,1-3H3,(H2,24,31)(H,25,34)/t14-,17-,21-/m0/s1. The van der Waals surface area contributed by atoms with E-state index >= 15 is 0 Å². The minimum Gasteiger partial charge on any atom is -0.370 e. The van der Waals surface area contributed by atoms with E-state index in [0.29, 0.717) is 6.54 Å². The van der Waals surface area contributed by atoms with Crippen molar-refractivity contribution in [2.24, 2.45) is 5.73 Å². The molecule has 0 aliphatic carbocycles. The first-order valence-corrected chi connectivity index (χ1v) is 11.2. The molecule has 3 atom stereocenters. The first-order valence-electron chi connectivity index (χ1n) is 11.2. The Hall–Kier alpha value is -3.73. The summed E-state index contributed by atoms with van der Waals surface area (Å²) in [7, 11) is 1.65. The molecule has 5 amide bonds. The second-order valence-electron chi connectivity index (χ2n) is 8.60. The lowest BCUT2D eigenvalue weighted by Crippen LogP contribution is -2.78. The topological polar surface area (TPSA) is 132 Å². The molecular weight excluding hydrogens is 438 g/mol. The molecule has 0 radical (unpaired) electrons. The number of benzene rings is 1. The molecule has 3 heterocycles. The van der Waals surface area contributed by atoms with Crippen LogP contribution in [0.5, 0.6) is 0 Å². The van der Waals surface area contributed by atoms with Gasteiger partial charge in [-0.3, -0.25) is 19.4 Å². The highest BCUT2D eigenvalue weighted by molar-refractivity contribution is 5.95. The van der Waals surface area contributed by atoms with Crippen LogP contribution in [-0.4, -0.2) is 86.9 Å². The van der Waals surface area contributed by atoms with Gasteiger partial charge in [0.25, 0.3) is 0 Å². The molecule has 4 rings (SSSR count). The number of rotatable bonds is 5. The highest BCUT2D eigenvalue weighted by atomic mass is 16.2. The molecule has 0 unspecified atom stereocenters. The Kier molecular flexibility index (Phi) is 6.38. The zero-order valence-electron chi connectivity index (χ0n) is 19.5. The number of nitrogens with two attached hydrogens (primary N) is 1. The Labute approximate surface area is 197 Å². The second kappa shape index (κ2) is 9.26. The van der Waals surface area contributed by atoms with Crippen LogP contribution in [0.2, 0.25) is 0 Å². The number of hydrazine groups is 1. The molecule has 11 nitrogen and oxygen atoms in total. The second-order valence-corrected chi connectivity index (χ2v) is 8.60. The Morgan fingerprint density at radius 3 is 2.65 bits per heavy atom. The van der Waals surface area contributed by atoms with E-state index < -0.39 is 30.2 Å². The van der Waals surface area contributed by atoms with E-state index in [2.05, 4.69) is 10.3 Å². The van der Waals surface area contributed by atoms with E-state index in [9.17, 15) is 19.2 Å². The van der Waals surface area contributed by atoms with Gasteiger partial charge in [-0.05, 0) is 25.5 Å². The number of hydrogen-bond acceptors (Lipinski definition) is 6. The average Bonchev–Trinajstić information content (AvgIpc) is 2.79. The quantitative estimate of drug-likeness (QED) is 0.648. The Bertz CT molecular complexity index is 1130. The van der Waals surface area contributed by atoms with Gasteiger partial charge in [0, 0.05) is 31.7 Å². The van der Waals surface area contributed by atoms with Gasteiger partial charge in [-0.2, -0.15) is 0 Å². The average molecular weight is 468 g/mol. The summed E-state index contributed by atoms with van der Waals surface area (Å²) in [5.74, 6) is -1.43. The van der Waals surface area contributed by atoms with Crippen molar-refractivity contribution >= 4 is 34.7 Å². The summed E-state index contributed by atoms with van der Waals surface area (Å²) in [6.07, 6.45) is 0.560. The van der Waals surface area contributed by atoms with Crippen molar-refractivity contribution in [1.82, 2.24) is 30.1 Å². The lowest BCUT2D eigenvalue weighted by atomic mass is 9.97. The van der Waals surface area contributed by atoms with Gasteiger partial charge < -0.3 is 20.9 Å². The minimum absolute atomic E-state index is 0.101. The molecule has 180 valence electrons. The zero-order chi connectivity index (χ0) is 24.6. The summed E-state index contributed by atoms with van der Waals surface area (Å²) in [4.78, 5) is 59.1. The van der Waals surface area contributed by atoms with Crippen molar-refractivity contribution in [1.29, 1.82) is 0 Å². The number of hydrogen-bond donors (Lipinski definition) is 2. The third kappa shape index (κ3) is 4.03. The number of pyridine rings is 1. The summed E-state index contributed by atoms with van der Waals surface area (Å²) in [6, 6.07) is 7.46. The zero-order valence-corrected chi connectivity index (χ0v) is 19.5. The summed E-state index contributed by atoms with van der Waals surface area (Å²) in [5.41, 5.74) is 7.05. The van der Waals surface area contributed by atoms with Crippen LogP contribution in [-0.2, 0) is 20.9 Å². The molecule has 0 saturated carbocycles. The first kappa shape index (κ1) is 23.4. The molecule has 1 aromatic heterocycles. The molecule has 3 N–H and O–H groups in total. The van der Waals surface area contributed by atoms with Crippen molar-refractivity contribution in [3.63, 3.8) is 0 Å². The molecule has 2 saturated heterocycles. The van der Waals surface area contributed by atoms with Crippen LogP contribution in [0.15, 0.2) is 36.5 Å². The largest absolute Gasteiger partial charge is 0.370 e. The molecule has 1 aromatic carbocycles. The van der Waals surface area contributed by atoms with Crippen LogP contribution in [0, 0.1) is 0 Å². The number of nitrogens with zero attached hydrogens (tertiary/aromatic N) is 5. The third-order valence-corrected chi connectivity index (χ3v) is 6.37. The van der Waals surface area contributed by atoms with Gasteiger partial charge in [-0.25, -0.2) is 14.8 Å². The number of likely N-dealkylation sites (N-methyl/N-ethyl adjacent to an activating group) is 1. The molecule has 2 aromatic rings. The fraction of sp³-hybridized carbons (Fsp3) is 0.435. The Morgan fingerprint density at radius 1 is 1.21 bits per heavy atom. The van der Waals surface area contributed by atoms with Crippen LogP contribution in [0.25, 0.3) is 10.9 Å². The highest BCUT2D eigenvalue weighted by Gasteiger charge is 2.54. The van der Waals surface area contributed by atoms with Gasteiger partial charge in [-0.1, -0.05) is 24.3 Å². The van der Waals surface area contributed by atoms with Crippen molar-refractivity contribution in [2.75, 3.05) is 20.1 Å². The fourth-order valence-corrected chi connectivity index (χ4v) is 4.87. The molecular formula is C23H29N7O4. The van der Waals surface area contributed by atoms with E-state index in [-0.39, 0.29) is 31.3 Å². The summed E-state index contributed by atoms with van der Waals surface area (Å²) >= 11 is 0. The molecule has 11 heteroatoms. The number of carbonyl (C=O) groups excluding carboxylic acids is 4. The van der Waals surface area contributed by atoms with E-state index in [4.69, 9.17) is 5.73 Å². The molecule has 0 spiro atoms. The number of nitrogens with one attached hydrogen (secondary N) is 1. The lowest BCUT2D eigenvalue weighted by Gasteiger charge is -2.57. The maximum absolute atomic E-state index is 13.7. The normalized spacial score (nSPS) is 23.3. The van der Waals surface area contributed by atoms with Gasteiger partial charge in [0.1, 0.15) is 12.2 Å². The van der Waals surface area contributed by atoms with E-state index in [0.717, 1.165) is 16.5 Å². The summed E-state index contributed by atoms with van der Waals surface area (Å²) < 4.78 is 0. The highest BCUT2D eigenvalue weighted by Crippen LogP contribution is 2.33. The van der Waals surface area contributed by atoms with Crippen LogP contribution in [0.3, 0.4) is 0 Å². The first-order chi connectivity index (χ1) is 16.2. The number of aromatic nitrogens is 1.